The number of imidazole rings is 1. The largest absolute Gasteiger partial charge is 0.322 e. The lowest BCUT2D eigenvalue weighted by molar-refractivity contribution is 0.597. The maximum Gasteiger partial charge on any atom is 0.179 e. The molecule has 22 heavy (non-hydrogen) atoms. The highest BCUT2D eigenvalue weighted by molar-refractivity contribution is 8.00. The molecule has 114 valence electrons. The molecule has 0 bridgehead atoms. The summed E-state index contributed by atoms with van der Waals surface area (Å²) in [6.45, 7) is 0. The van der Waals surface area contributed by atoms with Gasteiger partial charge in [-0.15, -0.1) is 0 Å². The van der Waals surface area contributed by atoms with Gasteiger partial charge in [0.1, 0.15) is 0 Å². The van der Waals surface area contributed by atoms with Gasteiger partial charge in [-0.25, -0.2) is 13.4 Å². The van der Waals surface area contributed by atoms with Crippen molar-refractivity contribution < 1.29 is 8.42 Å². The first kappa shape index (κ1) is 15.1. The van der Waals surface area contributed by atoms with E-state index in [4.69, 9.17) is 0 Å². The van der Waals surface area contributed by atoms with E-state index in [1.165, 1.54) is 11.8 Å². The van der Waals surface area contributed by atoms with Gasteiger partial charge in [-0.05, 0) is 24.3 Å². The third-order valence-corrected chi connectivity index (χ3v) is 6.45. The Morgan fingerprint density at radius 3 is 2.45 bits per heavy atom. The van der Waals surface area contributed by atoms with E-state index in [-0.39, 0.29) is 5.75 Å². The number of hydrogen-bond acceptors (Lipinski definition) is 4. The third-order valence-electron chi connectivity index (χ3n) is 3.43. The monoisotopic (exact) mass is 332 g/mol. The summed E-state index contributed by atoms with van der Waals surface area (Å²) in [7, 11) is -1.28. The number of para-hydroxylation sites is 2. The first-order valence-corrected chi connectivity index (χ1v) is 9.54. The molecule has 0 saturated carbocycles. The quantitative estimate of drug-likeness (QED) is 0.674. The van der Waals surface area contributed by atoms with Crippen molar-refractivity contribution in [2.75, 3.05) is 11.5 Å². The predicted molar refractivity (Wildman–Crippen MR) is 89.9 cm³/mol. The van der Waals surface area contributed by atoms with Crippen LogP contribution in [0, 0.1) is 0 Å². The molecule has 0 saturated heterocycles. The van der Waals surface area contributed by atoms with Gasteiger partial charge < -0.3 is 4.57 Å². The van der Waals surface area contributed by atoms with E-state index in [1.807, 2.05) is 41.9 Å². The highest BCUT2D eigenvalue weighted by Gasteiger charge is 2.15. The minimum Gasteiger partial charge on any atom is -0.322 e. The topological polar surface area (TPSA) is 52.0 Å². The average molecular weight is 332 g/mol. The molecule has 1 aromatic heterocycles. The summed E-state index contributed by atoms with van der Waals surface area (Å²) in [6, 6.07) is 16.4. The Balaban J connectivity index is 1.71. The van der Waals surface area contributed by atoms with Crippen molar-refractivity contribution in [3.05, 3.63) is 54.6 Å². The van der Waals surface area contributed by atoms with Gasteiger partial charge >= 0.3 is 0 Å². The first-order valence-electron chi connectivity index (χ1n) is 6.90. The van der Waals surface area contributed by atoms with Crippen LogP contribution in [0.2, 0.25) is 0 Å². The summed E-state index contributed by atoms with van der Waals surface area (Å²) in [4.78, 5) is 4.91. The smallest absolute Gasteiger partial charge is 0.179 e. The number of aryl methyl sites for hydroxylation is 1. The minimum atomic E-state index is -3.23. The fraction of sp³-hybridized carbons (Fsp3) is 0.188. The summed E-state index contributed by atoms with van der Waals surface area (Å²) in [6.07, 6.45) is 0. The third kappa shape index (κ3) is 3.03. The van der Waals surface area contributed by atoms with Gasteiger partial charge in [0.25, 0.3) is 0 Å². The van der Waals surface area contributed by atoms with Gasteiger partial charge in [0, 0.05) is 12.8 Å². The van der Waals surface area contributed by atoms with Crippen LogP contribution in [-0.4, -0.2) is 29.5 Å². The van der Waals surface area contributed by atoms with Gasteiger partial charge in [0.2, 0.25) is 0 Å². The van der Waals surface area contributed by atoms with Gasteiger partial charge in [-0.1, -0.05) is 42.1 Å². The SMILES string of the molecule is Cn1c(SCCS(=O)(=O)c2ccccc2)nc2ccccc21. The average Bonchev–Trinajstić information content (AvgIpc) is 2.85. The molecule has 0 atom stereocenters. The van der Waals surface area contributed by atoms with Crippen LogP contribution in [0.3, 0.4) is 0 Å². The summed E-state index contributed by atoms with van der Waals surface area (Å²) in [5.74, 6) is 0.583. The minimum absolute atomic E-state index is 0.102. The van der Waals surface area contributed by atoms with Crippen LogP contribution in [-0.2, 0) is 16.9 Å². The fourth-order valence-corrected chi connectivity index (χ4v) is 4.90. The first-order chi connectivity index (χ1) is 10.6. The standard InChI is InChI=1S/C16H16N2O2S2/c1-18-15-10-6-5-9-14(15)17-16(18)21-11-12-22(19,20)13-7-3-2-4-8-13/h2-10H,11-12H2,1H3. The zero-order valence-corrected chi connectivity index (χ0v) is 13.8. The molecule has 3 aromatic rings. The molecular formula is C16H16N2O2S2. The number of nitrogens with zero attached hydrogens (tertiary/aromatic N) is 2. The summed E-state index contributed by atoms with van der Waals surface area (Å²) < 4.78 is 26.5. The van der Waals surface area contributed by atoms with Crippen molar-refractivity contribution in [3.8, 4) is 0 Å². The maximum absolute atomic E-state index is 12.2. The Bertz CT molecular complexity index is 887. The number of fused-ring (bicyclic) bond motifs is 1. The second-order valence-corrected chi connectivity index (χ2v) is 8.09. The van der Waals surface area contributed by atoms with E-state index in [0.717, 1.165) is 16.2 Å². The number of sulfone groups is 1. The van der Waals surface area contributed by atoms with Crippen molar-refractivity contribution in [1.29, 1.82) is 0 Å². The second kappa shape index (κ2) is 6.14. The molecule has 0 radical (unpaired) electrons. The number of rotatable bonds is 5. The molecule has 0 N–H and O–H groups in total. The molecule has 6 heteroatoms. The van der Waals surface area contributed by atoms with Gasteiger partial charge in [-0.2, -0.15) is 0 Å². The van der Waals surface area contributed by atoms with Crippen molar-refractivity contribution in [2.24, 2.45) is 7.05 Å². The van der Waals surface area contributed by atoms with E-state index < -0.39 is 9.84 Å². The predicted octanol–water partition coefficient (Wildman–Crippen LogP) is 3.14. The van der Waals surface area contributed by atoms with E-state index in [1.54, 1.807) is 24.3 Å². The molecule has 2 aromatic carbocycles. The number of aromatic nitrogens is 2. The van der Waals surface area contributed by atoms with E-state index in [0.29, 0.717) is 10.6 Å². The number of benzene rings is 2. The zero-order valence-electron chi connectivity index (χ0n) is 12.1. The second-order valence-electron chi connectivity index (χ2n) is 4.92. The Morgan fingerprint density at radius 2 is 1.73 bits per heavy atom. The molecule has 1 heterocycles. The molecule has 3 rings (SSSR count). The van der Waals surface area contributed by atoms with Crippen LogP contribution in [0.5, 0.6) is 0 Å². The summed E-state index contributed by atoms with van der Waals surface area (Å²) in [5.41, 5.74) is 1.98. The van der Waals surface area contributed by atoms with Crippen LogP contribution in [0.15, 0.2) is 64.6 Å². The summed E-state index contributed by atoms with van der Waals surface area (Å²) >= 11 is 1.47. The molecular weight excluding hydrogens is 316 g/mol. The lowest BCUT2D eigenvalue weighted by Crippen LogP contribution is -2.09. The Hall–Kier alpha value is -1.79. The van der Waals surface area contributed by atoms with Crippen LogP contribution in [0.1, 0.15) is 0 Å². The van der Waals surface area contributed by atoms with Gasteiger partial charge in [-0.3, -0.25) is 0 Å². The molecule has 4 nitrogen and oxygen atoms in total. The number of thioether (sulfide) groups is 1. The van der Waals surface area contributed by atoms with Crippen LogP contribution < -0.4 is 0 Å². The van der Waals surface area contributed by atoms with Gasteiger partial charge in [0.05, 0.1) is 21.7 Å². The van der Waals surface area contributed by atoms with Gasteiger partial charge in [0.15, 0.2) is 15.0 Å². The molecule has 0 amide bonds. The normalized spacial score (nSPS) is 11.9. The van der Waals surface area contributed by atoms with E-state index in [2.05, 4.69) is 4.98 Å². The Morgan fingerprint density at radius 1 is 1.05 bits per heavy atom. The molecule has 0 unspecified atom stereocenters. The Kier molecular flexibility index (Phi) is 4.22. The van der Waals surface area contributed by atoms with E-state index in [9.17, 15) is 8.42 Å². The van der Waals surface area contributed by atoms with E-state index >= 15 is 0 Å². The van der Waals surface area contributed by atoms with Crippen molar-refractivity contribution >= 4 is 32.6 Å². The molecule has 0 fully saturated rings. The van der Waals surface area contributed by atoms with Crippen LogP contribution in [0.25, 0.3) is 11.0 Å². The Labute approximate surface area is 134 Å². The number of hydrogen-bond donors (Lipinski definition) is 0. The lowest BCUT2D eigenvalue weighted by atomic mass is 10.3. The highest BCUT2D eigenvalue weighted by atomic mass is 32.2. The van der Waals surface area contributed by atoms with Crippen molar-refractivity contribution in [1.82, 2.24) is 9.55 Å². The summed E-state index contributed by atoms with van der Waals surface area (Å²) in [5, 5.41) is 0.837. The highest BCUT2D eigenvalue weighted by Crippen LogP contribution is 2.23. The molecule has 0 aliphatic rings. The molecule has 0 aliphatic carbocycles. The molecule has 0 aliphatic heterocycles. The van der Waals surface area contributed by atoms with Crippen molar-refractivity contribution in [2.45, 2.75) is 10.1 Å². The van der Waals surface area contributed by atoms with Crippen molar-refractivity contribution in [3.63, 3.8) is 0 Å². The fourth-order valence-electron chi connectivity index (χ4n) is 2.24. The lowest BCUT2D eigenvalue weighted by Gasteiger charge is -2.04. The van der Waals surface area contributed by atoms with Crippen LogP contribution in [0.4, 0.5) is 0 Å². The zero-order chi connectivity index (χ0) is 15.6. The maximum atomic E-state index is 12.2. The molecule has 0 spiro atoms. The van der Waals surface area contributed by atoms with Crippen LogP contribution >= 0.6 is 11.8 Å².